The van der Waals surface area contributed by atoms with Crippen LogP contribution >= 0.6 is 11.8 Å². The Labute approximate surface area is 130 Å². The highest BCUT2D eigenvalue weighted by Crippen LogP contribution is 2.30. The van der Waals surface area contributed by atoms with Gasteiger partial charge >= 0.3 is 0 Å². The summed E-state index contributed by atoms with van der Waals surface area (Å²) in [6.07, 6.45) is 6.14. The van der Waals surface area contributed by atoms with Crippen LogP contribution in [0.1, 0.15) is 18.4 Å². The molecule has 4 nitrogen and oxygen atoms in total. The molecule has 1 aromatic carbocycles. The van der Waals surface area contributed by atoms with Crippen molar-refractivity contribution in [3.8, 4) is 0 Å². The SMILES string of the molecule is Cc1ccc(SC2CCN(CCn3cnnc3)CC2)cc1. The highest BCUT2D eigenvalue weighted by molar-refractivity contribution is 8.00. The van der Waals surface area contributed by atoms with Crippen molar-refractivity contribution in [3.63, 3.8) is 0 Å². The van der Waals surface area contributed by atoms with Gasteiger partial charge in [-0.1, -0.05) is 17.7 Å². The molecular weight excluding hydrogens is 280 g/mol. The zero-order valence-corrected chi connectivity index (χ0v) is 13.3. The maximum Gasteiger partial charge on any atom is 0.119 e. The van der Waals surface area contributed by atoms with Gasteiger partial charge in [-0.15, -0.1) is 22.0 Å². The van der Waals surface area contributed by atoms with E-state index < -0.39 is 0 Å². The predicted molar refractivity (Wildman–Crippen MR) is 86.5 cm³/mol. The first kappa shape index (κ1) is 14.6. The molecule has 2 heterocycles. The molecule has 0 amide bonds. The number of aryl methyl sites for hydroxylation is 1. The van der Waals surface area contributed by atoms with Crippen LogP contribution in [0.25, 0.3) is 0 Å². The summed E-state index contributed by atoms with van der Waals surface area (Å²) in [5, 5.41) is 8.45. The predicted octanol–water partition coefficient (Wildman–Crippen LogP) is 2.84. The highest BCUT2D eigenvalue weighted by Gasteiger charge is 2.19. The molecule has 2 aromatic rings. The maximum absolute atomic E-state index is 3.84. The van der Waals surface area contributed by atoms with Crippen molar-refractivity contribution in [2.45, 2.75) is 36.5 Å². The molecule has 3 rings (SSSR count). The van der Waals surface area contributed by atoms with Crippen LogP contribution in [0.15, 0.2) is 41.8 Å². The van der Waals surface area contributed by atoms with Crippen molar-refractivity contribution in [1.29, 1.82) is 0 Å². The summed E-state index contributed by atoms with van der Waals surface area (Å²) in [5.74, 6) is 0. The van der Waals surface area contributed by atoms with Gasteiger partial charge in [0.05, 0.1) is 0 Å². The van der Waals surface area contributed by atoms with Gasteiger partial charge in [0, 0.05) is 23.2 Å². The Morgan fingerprint density at radius 1 is 1.05 bits per heavy atom. The van der Waals surface area contributed by atoms with Gasteiger partial charge in [0.1, 0.15) is 12.7 Å². The fourth-order valence-electron chi connectivity index (χ4n) is 2.65. The number of likely N-dealkylation sites (tertiary alicyclic amines) is 1. The van der Waals surface area contributed by atoms with Crippen LogP contribution in [0.5, 0.6) is 0 Å². The van der Waals surface area contributed by atoms with Gasteiger partial charge in [0.2, 0.25) is 0 Å². The molecule has 5 heteroatoms. The molecule has 1 aliphatic rings. The molecule has 21 heavy (non-hydrogen) atoms. The fraction of sp³-hybridized carbons (Fsp3) is 0.500. The molecule has 0 unspecified atom stereocenters. The molecule has 0 spiro atoms. The number of rotatable bonds is 5. The number of hydrogen-bond donors (Lipinski definition) is 0. The second kappa shape index (κ2) is 7.09. The van der Waals surface area contributed by atoms with Crippen LogP contribution in [0, 0.1) is 6.92 Å². The van der Waals surface area contributed by atoms with Crippen molar-refractivity contribution in [2.24, 2.45) is 0 Å². The Morgan fingerprint density at radius 3 is 2.38 bits per heavy atom. The smallest absolute Gasteiger partial charge is 0.119 e. The van der Waals surface area contributed by atoms with E-state index in [0.717, 1.165) is 18.3 Å². The molecule has 112 valence electrons. The lowest BCUT2D eigenvalue weighted by Gasteiger charge is -2.31. The van der Waals surface area contributed by atoms with Gasteiger partial charge in [-0.25, -0.2) is 0 Å². The molecule has 0 atom stereocenters. The average Bonchev–Trinajstić information content (AvgIpc) is 3.02. The van der Waals surface area contributed by atoms with Gasteiger partial charge in [-0.05, 0) is 45.0 Å². The number of aromatic nitrogens is 3. The van der Waals surface area contributed by atoms with E-state index in [0.29, 0.717) is 0 Å². The first-order chi connectivity index (χ1) is 10.3. The zero-order chi connectivity index (χ0) is 14.5. The largest absolute Gasteiger partial charge is 0.319 e. The van der Waals surface area contributed by atoms with Gasteiger partial charge < -0.3 is 9.47 Å². The lowest BCUT2D eigenvalue weighted by molar-refractivity contribution is 0.224. The Balaban J connectivity index is 1.41. The zero-order valence-electron chi connectivity index (χ0n) is 12.5. The summed E-state index contributed by atoms with van der Waals surface area (Å²) in [7, 11) is 0. The number of piperidine rings is 1. The summed E-state index contributed by atoms with van der Waals surface area (Å²) < 4.78 is 2.05. The van der Waals surface area contributed by atoms with Gasteiger partial charge in [-0.2, -0.15) is 0 Å². The van der Waals surface area contributed by atoms with Gasteiger partial charge in [0.15, 0.2) is 0 Å². The van der Waals surface area contributed by atoms with E-state index in [-0.39, 0.29) is 0 Å². The summed E-state index contributed by atoms with van der Waals surface area (Å²) in [5.41, 5.74) is 1.34. The van der Waals surface area contributed by atoms with Crippen molar-refractivity contribution in [3.05, 3.63) is 42.5 Å². The summed E-state index contributed by atoms with van der Waals surface area (Å²) in [6, 6.07) is 8.91. The molecule has 1 saturated heterocycles. The molecular formula is C16H22N4S. The van der Waals surface area contributed by atoms with E-state index in [1.54, 1.807) is 12.7 Å². The van der Waals surface area contributed by atoms with Gasteiger partial charge in [0.25, 0.3) is 0 Å². The first-order valence-electron chi connectivity index (χ1n) is 7.58. The third-order valence-corrected chi connectivity index (χ3v) is 5.35. The molecule has 0 N–H and O–H groups in total. The first-order valence-corrected chi connectivity index (χ1v) is 8.46. The lowest BCUT2D eigenvalue weighted by Crippen LogP contribution is -2.36. The molecule has 0 saturated carbocycles. The van der Waals surface area contributed by atoms with Crippen LogP contribution in [0.4, 0.5) is 0 Å². The third-order valence-electron chi connectivity index (χ3n) is 4.00. The number of hydrogen-bond acceptors (Lipinski definition) is 4. The van der Waals surface area contributed by atoms with E-state index >= 15 is 0 Å². The fourth-order valence-corrected chi connectivity index (χ4v) is 3.78. The van der Waals surface area contributed by atoms with E-state index in [4.69, 9.17) is 0 Å². The van der Waals surface area contributed by atoms with E-state index in [9.17, 15) is 0 Å². The molecule has 1 fully saturated rings. The topological polar surface area (TPSA) is 34.0 Å². The summed E-state index contributed by atoms with van der Waals surface area (Å²) >= 11 is 2.04. The van der Waals surface area contributed by atoms with Crippen LogP contribution in [0.3, 0.4) is 0 Å². The quantitative estimate of drug-likeness (QED) is 0.850. The Kier molecular flexibility index (Phi) is 4.93. The molecule has 0 aliphatic carbocycles. The van der Waals surface area contributed by atoms with Crippen LogP contribution in [0.2, 0.25) is 0 Å². The molecule has 1 aliphatic heterocycles. The van der Waals surface area contributed by atoms with Crippen molar-refractivity contribution in [1.82, 2.24) is 19.7 Å². The monoisotopic (exact) mass is 302 g/mol. The summed E-state index contributed by atoms with van der Waals surface area (Å²) in [4.78, 5) is 3.95. The Morgan fingerprint density at radius 2 is 1.71 bits per heavy atom. The average molecular weight is 302 g/mol. The lowest BCUT2D eigenvalue weighted by atomic mass is 10.1. The third kappa shape index (κ3) is 4.32. The van der Waals surface area contributed by atoms with Crippen molar-refractivity contribution >= 4 is 11.8 Å². The van der Waals surface area contributed by atoms with Crippen LogP contribution in [-0.4, -0.2) is 44.5 Å². The Hall–Kier alpha value is -1.33. The minimum Gasteiger partial charge on any atom is -0.319 e. The highest BCUT2D eigenvalue weighted by atomic mass is 32.2. The number of benzene rings is 1. The van der Waals surface area contributed by atoms with E-state index in [1.807, 2.05) is 16.3 Å². The normalized spacial score (nSPS) is 17.2. The standard InChI is InChI=1S/C16H22N4S/c1-14-2-4-15(5-3-14)21-16-6-8-19(9-7-16)10-11-20-12-17-18-13-20/h2-5,12-13,16H,6-11H2,1H3. The number of nitrogens with zero attached hydrogens (tertiary/aromatic N) is 4. The second-order valence-electron chi connectivity index (χ2n) is 5.67. The van der Waals surface area contributed by atoms with Gasteiger partial charge in [-0.3, -0.25) is 0 Å². The Bertz CT molecular complexity index is 530. The maximum atomic E-state index is 3.84. The van der Waals surface area contributed by atoms with E-state index in [2.05, 4.69) is 46.3 Å². The number of thioether (sulfide) groups is 1. The second-order valence-corrected chi connectivity index (χ2v) is 7.05. The minimum absolute atomic E-state index is 0.763. The van der Waals surface area contributed by atoms with Crippen molar-refractivity contribution < 1.29 is 0 Å². The molecule has 0 radical (unpaired) electrons. The van der Waals surface area contributed by atoms with E-state index in [1.165, 1.54) is 36.4 Å². The van der Waals surface area contributed by atoms with Crippen molar-refractivity contribution in [2.75, 3.05) is 19.6 Å². The molecule has 1 aromatic heterocycles. The minimum atomic E-state index is 0.763. The van der Waals surface area contributed by atoms with Crippen LogP contribution < -0.4 is 0 Å². The van der Waals surface area contributed by atoms with Crippen LogP contribution in [-0.2, 0) is 6.54 Å². The summed E-state index contributed by atoms with van der Waals surface area (Å²) in [6.45, 7) is 6.63. The molecule has 0 bridgehead atoms.